The number of hydrogen-bond donors (Lipinski definition) is 4. The van der Waals surface area contributed by atoms with E-state index in [9.17, 15) is 9.59 Å². The summed E-state index contributed by atoms with van der Waals surface area (Å²) in [6.45, 7) is 2.37. The van der Waals surface area contributed by atoms with Gasteiger partial charge in [-0.3, -0.25) is 9.59 Å². The molecule has 27 heavy (non-hydrogen) atoms. The number of benzene rings is 2. The Morgan fingerprint density at radius 1 is 1.07 bits per heavy atom. The zero-order chi connectivity index (χ0) is 19.2. The van der Waals surface area contributed by atoms with Crippen LogP contribution in [0.1, 0.15) is 18.9 Å². The Morgan fingerprint density at radius 2 is 1.81 bits per heavy atom. The van der Waals surface area contributed by atoms with E-state index in [1.807, 2.05) is 36.4 Å². The van der Waals surface area contributed by atoms with Gasteiger partial charge in [-0.15, -0.1) is 0 Å². The number of carboxylic acids is 1. The summed E-state index contributed by atoms with van der Waals surface area (Å²) >= 11 is 0. The first-order valence-electron chi connectivity index (χ1n) is 8.71. The molecule has 0 saturated carbocycles. The molecule has 2 aromatic carbocycles. The fourth-order valence-electron chi connectivity index (χ4n) is 2.75. The second kappa shape index (κ2) is 8.23. The van der Waals surface area contributed by atoms with Crippen LogP contribution >= 0.6 is 0 Å². The highest BCUT2D eigenvalue weighted by atomic mass is 16.4. The molecule has 0 unspecified atom stereocenters. The zero-order valence-corrected chi connectivity index (χ0v) is 15.0. The van der Waals surface area contributed by atoms with Gasteiger partial charge in [-0.2, -0.15) is 0 Å². The van der Waals surface area contributed by atoms with Gasteiger partial charge >= 0.3 is 5.97 Å². The zero-order valence-electron chi connectivity index (χ0n) is 15.0. The lowest BCUT2D eigenvalue weighted by Gasteiger charge is -2.08. The van der Waals surface area contributed by atoms with Crippen molar-refractivity contribution < 1.29 is 9.90 Å². The summed E-state index contributed by atoms with van der Waals surface area (Å²) in [5.41, 5.74) is 3.65. The number of anilines is 1. The molecule has 2 aromatic heterocycles. The SMILES string of the molecule is CCC(=O)O.O=c1[nH]c2ccc(NCc3ccccc3)cc2c2cc[nH]c12. The van der Waals surface area contributed by atoms with E-state index in [4.69, 9.17) is 5.11 Å². The smallest absolute Gasteiger partial charge is 0.303 e. The molecule has 0 spiro atoms. The summed E-state index contributed by atoms with van der Waals surface area (Å²) in [4.78, 5) is 27.2. The van der Waals surface area contributed by atoms with Gasteiger partial charge in [0.15, 0.2) is 0 Å². The molecule has 0 saturated heterocycles. The Kier molecular flexibility index (Phi) is 5.56. The highest BCUT2D eigenvalue weighted by Crippen LogP contribution is 2.24. The van der Waals surface area contributed by atoms with E-state index < -0.39 is 5.97 Å². The molecule has 4 aromatic rings. The van der Waals surface area contributed by atoms with E-state index in [-0.39, 0.29) is 12.0 Å². The molecule has 0 atom stereocenters. The summed E-state index contributed by atoms with van der Waals surface area (Å²) in [5.74, 6) is -0.745. The predicted molar refractivity (Wildman–Crippen MR) is 108 cm³/mol. The maximum atomic E-state index is 11.9. The predicted octanol–water partition coefficient (Wildman–Crippen LogP) is 4.10. The Labute approximate surface area is 155 Å². The lowest BCUT2D eigenvalue weighted by atomic mass is 10.1. The Morgan fingerprint density at radius 3 is 2.52 bits per heavy atom. The van der Waals surface area contributed by atoms with E-state index in [1.54, 1.807) is 13.1 Å². The van der Waals surface area contributed by atoms with Crippen LogP contribution in [0.4, 0.5) is 5.69 Å². The second-order valence-corrected chi connectivity index (χ2v) is 6.07. The number of pyridine rings is 1. The summed E-state index contributed by atoms with van der Waals surface area (Å²) in [6.07, 6.45) is 2.02. The molecule has 0 bridgehead atoms. The fraction of sp³-hybridized carbons (Fsp3) is 0.143. The van der Waals surface area contributed by atoms with Crippen molar-refractivity contribution in [3.63, 3.8) is 0 Å². The van der Waals surface area contributed by atoms with Gasteiger partial charge in [0.2, 0.25) is 0 Å². The Balaban J connectivity index is 0.000000376. The lowest BCUT2D eigenvalue weighted by molar-refractivity contribution is -0.136. The Hall–Kier alpha value is -3.54. The van der Waals surface area contributed by atoms with Crippen molar-refractivity contribution >= 4 is 33.5 Å². The maximum absolute atomic E-state index is 11.9. The lowest BCUT2D eigenvalue weighted by Crippen LogP contribution is -2.06. The van der Waals surface area contributed by atoms with E-state index in [2.05, 4.69) is 33.5 Å². The van der Waals surface area contributed by atoms with E-state index in [0.29, 0.717) is 5.52 Å². The number of aromatic amines is 2. The van der Waals surface area contributed by atoms with Crippen LogP contribution in [0.3, 0.4) is 0 Å². The van der Waals surface area contributed by atoms with Crippen LogP contribution in [0.15, 0.2) is 65.6 Å². The molecule has 0 aliphatic carbocycles. The van der Waals surface area contributed by atoms with Crippen molar-refractivity contribution in [1.29, 1.82) is 0 Å². The highest BCUT2D eigenvalue weighted by Gasteiger charge is 2.06. The normalized spacial score (nSPS) is 10.4. The number of fused-ring (bicyclic) bond motifs is 3. The van der Waals surface area contributed by atoms with Crippen molar-refractivity contribution in [3.05, 3.63) is 76.7 Å². The third kappa shape index (κ3) is 4.36. The number of aliphatic carboxylic acids is 1. The van der Waals surface area contributed by atoms with Gasteiger partial charge in [-0.05, 0) is 29.8 Å². The number of carbonyl (C=O) groups is 1. The minimum Gasteiger partial charge on any atom is -0.481 e. The minimum atomic E-state index is -0.745. The average Bonchev–Trinajstić information content (AvgIpc) is 3.19. The third-order valence-corrected chi connectivity index (χ3v) is 4.17. The second-order valence-electron chi connectivity index (χ2n) is 6.07. The molecule has 6 heteroatoms. The van der Waals surface area contributed by atoms with Gasteiger partial charge in [0.05, 0.1) is 0 Å². The molecule has 138 valence electrons. The van der Waals surface area contributed by atoms with Crippen LogP contribution in [0, 0.1) is 0 Å². The van der Waals surface area contributed by atoms with Crippen molar-refractivity contribution in [1.82, 2.24) is 9.97 Å². The van der Waals surface area contributed by atoms with Crippen molar-refractivity contribution in [2.75, 3.05) is 5.32 Å². The van der Waals surface area contributed by atoms with Gasteiger partial charge < -0.3 is 20.4 Å². The van der Waals surface area contributed by atoms with Gasteiger partial charge in [0, 0.05) is 41.1 Å². The summed E-state index contributed by atoms with van der Waals surface area (Å²) in [7, 11) is 0. The number of carboxylic acid groups (broad SMARTS) is 1. The maximum Gasteiger partial charge on any atom is 0.303 e. The molecule has 0 aliphatic heterocycles. The molecular weight excluding hydrogens is 342 g/mol. The van der Waals surface area contributed by atoms with Crippen molar-refractivity contribution in [2.24, 2.45) is 0 Å². The van der Waals surface area contributed by atoms with Crippen molar-refractivity contribution in [2.45, 2.75) is 19.9 Å². The van der Waals surface area contributed by atoms with Crippen LogP contribution in [-0.2, 0) is 11.3 Å². The first kappa shape index (κ1) is 18.3. The summed E-state index contributed by atoms with van der Waals surface area (Å²) in [6, 6.07) is 18.2. The summed E-state index contributed by atoms with van der Waals surface area (Å²) < 4.78 is 0. The van der Waals surface area contributed by atoms with E-state index in [0.717, 1.165) is 28.5 Å². The fourth-order valence-corrected chi connectivity index (χ4v) is 2.75. The van der Waals surface area contributed by atoms with Gasteiger partial charge in [-0.1, -0.05) is 37.3 Å². The number of hydrogen-bond acceptors (Lipinski definition) is 3. The molecule has 0 aliphatic rings. The molecule has 6 nitrogen and oxygen atoms in total. The number of rotatable bonds is 4. The summed E-state index contributed by atoms with van der Waals surface area (Å²) in [5, 5.41) is 13.1. The van der Waals surface area contributed by atoms with Gasteiger partial charge in [-0.25, -0.2) is 0 Å². The van der Waals surface area contributed by atoms with Crippen LogP contribution in [0.2, 0.25) is 0 Å². The number of nitrogens with one attached hydrogen (secondary N) is 3. The van der Waals surface area contributed by atoms with Crippen LogP contribution < -0.4 is 10.9 Å². The number of aromatic nitrogens is 2. The largest absolute Gasteiger partial charge is 0.481 e. The molecule has 0 fully saturated rings. The molecule has 2 heterocycles. The molecule has 4 N–H and O–H groups in total. The van der Waals surface area contributed by atoms with Crippen LogP contribution in [0.25, 0.3) is 21.8 Å². The number of H-pyrrole nitrogens is 2. The van der Waals surface area contributed by atoms with Crippen LogP contribution in [-0.4, -0.2) is 21.0 Å². The quantitative estimate of drug-likeness (QED) is 0.439. The minimum absolute atomic E-state index is 0.0857. The van der Waals surface area contributed by atoms with Crippen molar-refractivity contribution in [3.8, 4) is 0 Å². The molecule has 4 rings (SSSR count). The standard InChI is InChI=1S/C18H15N3O.C3H6O2/c22-18-17-14(8-9-19-17)15-10-13(6-7-16(15)21-18)20-11-12-4-2-1-3-5-12;1-2-3(4)5/h1-10,19-20H,11H2,(H,21,22);2H2,1H3,(H,4,5). The Bertz CT molecular complexity index is 1110. The molecular formula is C21H21N3O3. The third-order valence-electron chi connectivity index (χ3n) is 4.17. The van der Waals surface area contributed by atoms with Crippen LogP contribution in [0.5, 0.6) is 0 Å². The molecule has 0 amide bonds. The average molecular weight is 363 g/mol. The van der Waals surface area contributed by atoms with Gasteiger partial charge in [0.1, 0.15) is 5.52 Å². The molecule has 0 radical (unpaired) electrons. The van der Waals surface area contributed by atoms with Gasteiger partial charge in [0.25, 0.3) is 5.56 Å². The highest BCUT2D eigenvalue weighted by molar-refractivity contribution is 6.05. The first-order chi connectivity index (χ1) is 13.1. The van der Waals surface area contributed by atoms with E-state index in [1.165, 1.54) is 5.56 Å². The van der Waals surface area contributed by atoms with E-state index >= 15 is 0 Å². The first-order valence-corrected chi connectivity index (χ1v) is 8.71. The monoisotopic (exact) mass is 363 g/mol. The topological polar surface area (TPSA) is 98.0 Å².